The summed E-state index contributed by atoms with van der Waals surface area (Å²) in [5.74, 6) is 0.216. The third-order valence-electron chi connectivity index (χ3n) is 3.74. The molecule has 0 fully saturated rings. The Balaban J connectivity index is 0.00000676. The van der Waals surface area contributed by atoms with E-state index >= 15 is 0 Å². The van der Waals surface area contributed by atoms with Gasteiger partial charge in [0.15, 0.2) is 17.5 Å². The van der Waals surface area contributed by atoms with Gasteiger partial charge in [-0.3, -0.25) is 4.99 Å². The molecule has 3 N–H and O–H groups in total. The minimum Gasteiger partial charge on any atom is -0.489 e. The van der Waals surface area contributed by atoms with Crippen LogP contribution in [0.4, 0.5) is 8.78 Å². The molecule has 0 radical (unpaired) electrons. The summed E-state index contributed by atoms with van der Waals surface area (Å²) < 4.78 is 31.7. The molecule has 1 aromatic rings. The topological polar surface area (TPSA) is 65.9 Å². The Labute approximate surface area is 178 Å². The third kappa shape index (κ3) is 11.3. The lowest BCUT2D eigenvalue weighted by atomic mass is 9.94. The lowest BCUT2D eigenvalue weighted by Crippen LogP contribution is -2.39. The van der Waals surface area contributed by atoms with Gasteiger partial charge in [-0.05, 0) is 43.7 Å². The molecular weight excluding hydrogens is 467 g/mol. The highest BCUT2D eigenvalue weighted by atomic mass is 127. The van der Waals surface area contributed by atoms with Crippen LogP contribution in [-0.4, -0.2) is 43.9 Å². The molecule has 0 saturated carbocycles. The molecule has 0 aromatic heterocycles. The van der Waals surface area contributed by atoms with Crippen LogP contribution in [0.1, 0.15) is 33.6 Å². The highest BCUT2D eigenvalue weighted by Crippen LogP contribution is 2.17. The van der Waals surface area contributed by atoms with Gasteiger partial charge in [-0.25, -0.2) is 8.78 Å². The Morgan fingerprint density at radius 3 is 2.59 bits per heavy atom. The highest BCUT2D eigenvalue weighted by Gasteiger charge is 2.11. The number of aliphatic imine (C=N–C) groups is 1. The van der Waals surface area contributed by atoms with Crippen molar-refractivity contribution in [2.45, 2.75) is 33.6 Å². The number of hydrogen-bond acceptors (Lipinski definition) is 3. The average Bonchev–Trinajstić information content (AvgIpc) is 2.57. The van der Waals surface area contributed by atoms with Crippen LogP contribution in [0.5, 0.6) is 5.75 Å². The summed E-state index contributed by atoms with van der Waals surface area (Å²) in [5, 5.41) is 15.5. The van der Waals surface area contributed by atoms with E-state index < -0.39 is 11.6 Å². The van der Waals surface area contributed by atoms with Gasteiger partial charge in [0.25, 0.3) is 0 Å². The van der Waals surface area contributed by atoms with Crippen LogP contribution in [0.25, 0.3) is 0 Å². The van der Waals surface area contributed by atoms with Gasteiger partial charge in [0.2, 0.25) is 0 Å². The standard InChI is InChI=1S/C19H31F2N3O2.HI/c1-4-22-19(24-13-15(7-9-25)11-14(2)3)23-8-10-26-18-6-5-16(20)12-17(18)21;/h5-6,12,14-15,25H,4,7-11,13H2,1-3H3,(H2,22,23,24);1H. The van der Waals surface area contributed by atoms with Crippen molar-refractivity contribution in [3.05, 3.63) is 29.8 Å². The Kier molecular flexibility index (Phi) is 14.2. The zero-order valence-electron chi connectivity index (χ0n) is 16.3. The van der Waals surface area contributed by atoms with Crippen LogP contribution in [0.3, 0.4) is 0 Å². The number of benzene rings is 1. The molecule has 1 atom stereocenters. The number of nitrogens with one attached hydrogen (secondary N) is 2. The van der Waals surface area contributed by atoms with E-state index in [-0.39, 0.29) is 42.9 Å². The zero-order chi connectivity index (χ0) is 19.4. The molecule has 1 rings (SSSR count). The van der Waals surface area contributed by atoms with Gasteiger partial charge in [0.05, 0.1) is 6.54 Å². The molecule has 0 amide bonds. The molecule has 27 heavy (non-hydrogen) atoms. The molecule has 0 spiro atoms. The van der Waals surface area contributed by atoms with Crippen LogP contribution in [-0.2, 0) is 0 Å². The van der Waals surface area contributed by atoms with Crippen molar-refractivity contribution in [2.75, 3.05) is 32.8 Å². The average molecular weight is 499 g/mol. The molecular formula is C19H32F2IN3O2. The van der Waals surface area contributed by atoms with Crippen LogP contribution in [0, 0.1) is 23.5 Å². The first-order chi connectivity index (χ1) is 12.5. The van der Waals surface area contributed by atoms with E-state index in [2.05, 4.69) is 29.5 Å². The smallest absolute Gasteiger partial charge is 0.191 e. The Morgan fingerprint density at radius 1 is 1.26 bits per heavy atom. The maximum atomic E-state index is 13.5. The van der Waals surface area contributed by atoms with Crippen LogP contribution in [0.15, 0.2) is 23.2 Å². The van der Waals surface area contributed by atoms with Crippen LogP contribution < -0.4 is 15.4 Å². The summed E-state index contributed by atoms with van der Waals surface area (Å²) in [5.41, 5.74) is 0. The van der Waals surface area contributed by atoms with E-state index in [0.717, 1.165) is 25.0 Å². The summed E-state index contributed by atoms with van der Waals surface area (Å²) in [7, 11) is 0. The zero-order valence-corrected chi connectivity index (χ0v) is 18.6. The molecule has 0 aliphatic heterocycles. The molecule has 0 aliphatic carbocycles. The van der Waals surface area contributed by atoms with Gasteiger partial charge in [-0.2, -0.15) is 0 Å². The number of hydrogen-bond donors (Lipinski definition) is 3. The molecule has 156 valence electrons. The van der Waals surface area contributed by atoms with E-state index in [0.29, 0.717) is 37.4 Å². The Bertz CT molecular complexity index is 560. The normalized spacial score (nSPS) is 12.5. The van der Waals surface area contributed by atoms with E-state index in [9.17, 15) is 13.9 Å². The fourth-order valence-corrected chi connectivity index (χ4v) is 2.62. The number of aliphatic hydroxyl groups excluding tert-OH is 1. The van der Waals surface area contributed by atoms with Gasteiger partial charge in [-0.15, -0.1) is 24.0 Å². The van der Waals surface area contributed by atoms with Gasteiger partial charge in [0, 0.05) is 25.8 Å². The molecule has 1 aromatic carbocycles. The summed E-state index contributed by atoms with van der Waals surface area (Å²) in [6, 6.07) is 3.23. The lowest BCUT2D eigenvalue weighted by Gasteiger charge is -2.17. The molecule has 0 bridgehead atoms. The Hall–Kier alpha value is -1.16. The number of guanidine groups is 1. The quantitative estimate of drug-likeness (QED) is 0.189. The second-order valence-electron chi connectivity index (χ2n) is 6.58. The van der Waals surface area contributed by atoms with Gasteiger partial charge in [-0.1, -0.05) is 13.8 Å². The van der Waals surface area contributed by atoms with Gasteiger partial charge < -0.3 is 20.5 Å². The first kappa shape index (κ1) is 25.8. The fraction of sp³-hybridized carbons (Fsp3) is 0.632. The van der Waals surface area contributed by atoms with Crippen molar-refractivity contribution in [3.8, 4) is 5.75 Å². The minimum atomic E-state index is -0.717. The van der Waals surface area contributed by atoms with Crippen molar-refractivity contribution in [2.24, 2.45) is 16.8 Å². The van der Waals surface area contributed by atoms with E-state index in [1.54, 1.807) is 0 Å². The predicted octanol–water partition coefficient (Wildman–Crippen LogP) is 3.56. The molecule has 0 aliphatic rings. The SMILES string of the molecule is CCNC(=NCC(CCO)CC(C)C)NCCOc1ccc(F)cc1F.I. The number of nitrogens with zero attached hydrogens (tertiary/aromatic N) is 1. The maximum Gasteiger partial charge on any atom is 0.191 e. The lowest BCUT2D eigenvalue weighted by molar-refractivity contribution is 0.245. The fourth-order valence-electron chi connectivity index (χ4n) is 2.62. The van der Waals surface area contributed by atoms with Crippen molar-refractivity contribution >= 4 is 29.9 Å². The first-order valence-electron chi connectivity index (χ1n) is 9.17. The molecule has 5 nitrogen and oxygen atoms in total. The molecule has 1 unspecified atom stereocenters. The molecule has 8 heteroatoms. The minimum absolute atomic E-state index is 0. The first-order valence-corrected chi connectivity index (χ1v) is 9.17. The van der Waals surface area contributed by atoms with Crippen molar-refractivity contribution in [1.82, 2.24) is 10.6 Å². The summed E-state index contributed by atoms with van der Waals surface area (Å²) in [6.07, 6.45) is 1.74. The Morgan fingerprint density at radius 2 is 2.00 bits per heavy atom. The number of rotatable bonds is 11. The third-order valence-corrected chi connectivity index (χ3v) is 3.74. The monoisotopic (exact) mass is 499 g/mol. The maximum absolute atomic E-state index is 13.5. The molecule has 0 saturated heterocycles. The number of halogens is 3. The van der Waals surface area contributed by atoms with Crippen molar-refractivity contribution < 1.29 is 18.6 Å². The number of aliphatic hydroxyl groups is 1. The van der Waals surface area contributed by atoms with Gasteiger partial charge >= 0.3 is 0 Å². The second-order valence-corrected chi connectivity index (χ2v) is 6.58. The van der Waals surface area contributed by atoms with Crippen LogP contribution >= 0.6 is 24.0 Å². The summed E-state index contributed by atoms with van der Waals surface area (Å²) in [4.78, 5) is 4.56. The molecule has 0 heterocycles. The van der Waals surface area contributed by atoms with Crippen molar-refractivity contribution in [1.29, 1.82) is 0 Å². The largest absolute Gasteiger partial charge is 0.489 e. The van der Waals surface area contributed by atoms with Gasteiger partial charge in [0.1, 0.15) is 12.4 Å². The number of ether oxygens (including phenoxy) is 1. The van der Waals surface area contributed by atoms with E-state index in [4.69, 9.17) is 4.74 Å². The summed E-state index contributed by atoms with van der Waals surface area (Å²) >= 11 is 0. The van der Waals surface area contributed by atoms with E-state index in [1.807, 2.05) is 6.92 Å². The highest BCUT2D eigenvalue weighted by molar-refractivity contribution is 14.0. The summed E-state index contributed by atoms with van der Waals surface area (Å²) in [6.45, 7) is 8.44. The van der Waals surface area contributed by atoms with E-state index in [1.165, 1.54) is 6.07 Å². The van der Waals surface area contributed by atoms with Crippen LogP contribution in [0.2, 0.25) is 0 Å². The van der Waals surface area contributed by atoms with Crippen molar-refractivity contribution in [3.63, 3.8) is 0 Å². The predicted molar refractivity (Wildman–Crippen MR) is 116 cm³/mol. The second kappa shape index (κ2) is 14.8.